The highest BCUT2D eigenvalue weighted by Gasteiger charge is 2.51. The molecule has 1 fully saturated rings. The van der Waals surface area contributed by atoms with E-state index < -0.39 is 11.6 Å². The number of carboxylic acid groups (broad SMARTS) is 1. The Kier molecular flexibility index (Phi) is 5.09. The van der Waals surface area contributed by atoms with Gasteiger partial charge in [-0.25, -0.2) is 4.79 Å². The molecule has 1 saturated heterocycles. The smallest absolute Gasteiger partial charge is 0.407 e. The average Bonchev–Trinajstić information content (AvgIpc) is 2.47. The SMILES string of the molecule is CC(C)(C)[C@@]1(CC=O)CN(Cc2ccccc2)CCN1C(=O)O. The fourth-order valence-corrected chi connectivity index (χ4v) is 3.51. The van der Waals surface area contributed by atoms with Gasteiger partial charge in [-0.3, -0.25) is 9.80 Å². The molecule has 0 aliphatic carbocycles. The van der Waals surface area contributed by atoms with E-state index in [9.17, 15) is 14.7 Å². The van der Waals surface area contributed by atoms with Gasteiger partial charge in [0.2, 0.25) is 0 Å². The molecule has 0 bridgehead atoms. The van der Waals surface area contributed by atoms with Crippen LogP contribution in [0.2, 0.25) is 0 Å². The van der Waals surface area contributed by atoms with Gasteiger partial charge < -0.3 is 9.90 Å². The number of carbonyl (C=O) groups excluding carboxylic acids is 1. The molecule has 126 valence electrons. The number of aldehydes is 1. The van der Waals surface area contributed by atoms with E-state index in [2.05, 4.69) is 17.0 Å². The van der Waals surface area contributed by atoms with E-state index in [0.29, 0.717) is 19.6 Å². The molecule has 0 unspecified atom stereocenters. The van der Waals surface area contributed by atoms with Crippen LogP contribution in [-0.2, 0) is 11.3 Å². The second-order valence-corrected chi connectivity index (χ2v) is 7.28. The molecular weight excluding hydrogens is 292 g/mol. The number of hydrogen-bond donors (Lipinski definition) is 1. The van der Waals surface area contributed by atoms with Crippen LogP contribution in [0.4, 0.5) is 4.79 Å². The number of rotatable bonds is 4. The van der Waals surface area contributed by atoms with Gasteiger partial charge in [-0.2, -0.15) is 0 Å². The van der Waals surface area contributed by atoms with Crippen molar-refractivity contribution in [3.05, 3.63) is 35.9 Å². The summed E-state index contributed by atoms with van der Waals surface area (Å²) >= 11 is 0. The second-order valence-electron chi connectivity index (χ2n) is 7.28. The van der Waals surface area contributed by atoms with Crippen molar-refractivity contribution in [3.63, 3.8) is 0 Å². The number of nitrogens with zero attached hydrogens (tertiary/aromatic N) is 2. The fourth-order valence-electron chi connectivity index (χ4n) is 3.51. The first kappa shape index (κ1) is 17.5. The van der Waals surface area contributed by atoms with Crippen molar-refractivity contribution >= 4 is 12.4 Å². The lowest BCUT2D eigenvalue weighted by Crippen LogP contribution is -2.69. The summed E-state index contributed by atoms with van der Waals surface area (Å²) in [4.78, 5) is 26.8. The monoisotopic (exact) mass is 318 g/mol. The Bertz CT molecular complexity index is 553. The Labute approximate surface area is 137 Å². The van der Waals surface area contributed by atoms with E-state index >= 15 is 0 Å². The molecule has 2 rings (SSSR count). The number of piperazine rings is 1. The van der Waals surface area contributed by atoms with Crippen molar-refractivity contribution in [1.29, 1.82) is 0 Å². The third-order valence-electron chi connectivity index (χ3n) is 4.94. The summed E-state index contributed by atoms with van der Waals surface area (Å²) in [6.45, 7) is 8.47. The normalized spacial score (nSPS) is 22.8. The Balaban J connectivity index is 2.29. The quantitative estimate of drug-likeness (QED) is 0.867. The van der Waals surface area contributed by atoms with Gasteiger partial charge in [0.15, 0.2) is 0 Å². The maximum Gasteiger partial charge on any atom is 0.407 e. The van der Waals surface area contributed by atoms with Gasteiger partial charge in [0.25, 0.3) is 0 Å². The number of hydrogen-bond acceptors (Lipinski definition) is 3. The molecule has 1 aromatic rings. The summed E-state index contributed by atoms with van der Waals surface area (Å²) in [7, 11) is 0. The zero-order valence-electron chi connectivity index (χ0n) is 14.2. The molecule has 1 atom stereocenters. The van der Waals surface area contributed by atoms with Gasteiger partial charge in [0.1, 0.15) is 6.29 Å². The molecule has 1 N–H and O–H groups in total. The van der Waals surface area contributed by atoms with E-state index in [1.54, 1.807) is 0 Å². The van der Waals surface area contributed by atoms with Gasteiger partial charge in [-0.05, 0) is 11.0 Å². The van der Waals surface area contributed by atoms with Crippen LogP contribution >= 0.6 is 0 Å². The van der Waals surface area contributed by atoms with Crippen molar-refractivity contribution < 1.29 is 14.7 Å². The predicted molar refractivity (Wildman–Crippen MR) is 89.3 cm³/mol. The molecule has 1 aromatic carbocycles. The lowest BCUT2D eigenvalue weighted by atomic mass is 9.69. The minimum Gasteiger partial charge on any atom is -0.465 e. The van der Waals surface area contributed by atoms with E-state index in [4.69, 9.17) is 0 Å². The van der Waals surface area contributed by atoms with E-state index in [1.807, 2.05) is 39.0 Å². The molecule has 0 radical (unpaired) electrons. The van der Waals surface area contributed by atoms with E-state index in [-0.39, 0.29) is 11.8 Å². The van der Waals surface area contributed by atoms with Crippen LogP contribution in [0, 0.1) is 5.41 Å². The Morgan fingerprint density at radius 2 is 1.91 bits per heavy atom. The number of carbonyl (C=O) groups is 2. The summed E-state index contributed by atoms with van der Waals surface area (Å²) in [6.07, 6.45) is 0.127. The first-order chi connectivity index (χ1) is 10.8. The molecule has 1 amide bonds. The fraction of sp³-hybridized carbons (Fsp3) is 0.556. The summed E-state index contributed by atoms with van der Waals surface area (Å²) < 4.78 is 0. The third kappa shape index (κ3) is 3.55. The summed E-state index contributed by atoms with van der Waals surface area (Å²) in [5, 5.41) is 9.63. The van der Waals surface area contributed by atoms with E-state index in [1.165, 1.54) is 10.5 Å². The van der Waals surface area contributed by atoms with Crippen molar-refractivity contribution in [1.82, 2.24) is 9.80 Å². The molecular formula is C18H26N2O3. The second kappa shape index (κ2) is 6.71. The van der Waals surface area contributed by atoms with Gasteiger partial charge in [0.05, 0.1) is 5.54 Å². The third-order valence-corrected chi connectivity index (χ3v) is 4.94. The number of benzene rings is 1. The lowest BCUT2D eigenvalue weighted by Gasteiger charge is -2.55. The molecule has 0 aromatic heterocycles. The van der Waals surface area contributed by atoms with Crippen LogP contribution in [0.3, 0.4) is 0 Å². The standard InChI is InChI=1S/C18H26N2O3/c1-17(2,3)18(9-12-21)14-19(10-11-20(18)16(22)23)13-15-7-5-4-6-8-15/h4-8,12H,9-11,13-14H2,1-3H3,(H,22,23)/t18-/m1/s1. The van der Waals surface area contributed by atoms with Crippen LogP contribution < -0.4 is 0 Å². The van der Waals surface area contributed by atoms with Crippen LogP contribution in [0.25, 0.3) is 0 Å². The molecule has 0 saturated carbocycles. The highest BCUT2D eigenvalue weighted by Crippen LogP contribution is 2.41. The zero-order chi connectivity index (χ0) is 17.1. The van der Waals surface area contributed by atoms with Gasteiger partial charge >= 0.3 is 6.09 Å². The summed E-state index contributed by atoms with van der Waals surface area (Å²) in [6, 6.07) is 10.1. The van der Waals surface area contributed by atoms with Gasteiger partial charge in [-0.15, -0.1) is 0 Å². The zero-order valence-corrected chi connectivity index (χ0v) is 14.2. The Hall–Kier alpha value is -1.88. The van der Waals surface area contributed by atoms with Crippen molar-refractivity contribution in [3.8, 4) is 0 Å². The largest absolute Gasteiger partial charge is 0.465 e. The molecule has 0 spiro atoms. The molecule has 1 aliphatic rings. The first-order valence-electron chi connectivity index (χ1n) is 8.01. The lowest BCUT2D eigenvalue weighted by molar-refractivity contribution is -0.116. The topological polar surface area (TPSA) is 60.9 Å². The summed E-state index contributed by atoms with van der Waals surface area (Å²) in [5.41, 5.74) is 0.167. The van der Waals surface area contributed by atoms with Crippen molar-refractivity contribution in [2.24, 2.45) is 5.41 Å². The highest BCUT2D eigenvalue weighted by molar-refractivity contribution is 5.68. The van der Waals surface area contributed by atoms with Crippen LogP contribution in [0.5, 0.6) is 0 Å². The predicted octanol–water partition coefficient (Wildman–Crippen LogP) is 2.86. The summed E-state index contributed by atoms with van der Waals surface area (Å²) in [5.74, 6) is 0. The average molecular weight is 318 g/mol. The van der Waals surface area contributed by atoms with Crippen LogP contribution in [0.1, 0.15) is 32.8 Å². The highest BCUT2D eigenvalue weighted by atomic mass is 16.4. The molecule has 23 heavy (non-hydrogen) atoms. The Morgan fingerprint density at radius 3 is 2.43 bits per heavy atom. The minimum absolute atomic E-state index is 0.216. The van der Waals surface area contributed by atoms with Gasteiger partial charge in [-0.1, -0.05) is 51.1 Å². The molecule has 1 heterocycles. The minimum atomic E-state index is -0.943. The molecule has 1 aliphatic heterocycles. The Morgan fingerprint density at radius 1 is 1.26 bits per heavy atom. The maximum atomic E-state index is 11.7. The number of amides is 1. The van der Waals surface area contributed by atoms with Crippen LogP contribution in [-0.4, -0.2) is 52.5 Å². The van der Waals surface area contributed by atoms with Crippen molar-refractivity contribution in [2.75, 3.05) is 19.6 Å². The van der Waals surface area contributed by atoms with Crippen LogP contribution in [0.15, 0.2) is 30.3 Å². The first-order valence-corrected chi connectivity index (χ1v) is 8.01. The maximum absolute atomic E-state index is 11.7. The molecule has 5 nitrogen and oxygen atoms in total. The van der Waals surface area contributed by atoms with Crippen molar-refractivity contribution in [2.45, 2.75) is 39.3 Å². The molecule has 5 heteroatoms. The van der Waals surface area contributed by atoms with Gasteiger partial charge in [0, 0.05) is 32.6 Å². The van der Waals surface area contributed by atoms with E-state index in [0.717, 1.165) is 12.8 Å².